The van der Waals surface area contributed by atoms with Crippen molar-refractivity contribution in [1.82, 2.24) is 0 Å². The molecular weight excluding hydrogens is 290 g/mol. The van der Waals surface area contributed by atoms with E-state index in [4.69, 9.17) is 4.42 Å². The van der Waals surface area contributed by atoms with E-state index in [1.807, 2.05) is 19.9 Å². The molecule has 1 saturated heterocycles. The largest absolute Gasteiger partial charge is 0.507 e. The topological polar surface area (TPSA) is 54.9 Å². The zero-order valence-corrected chi connectivity index (χ0v) is 14.5. The standard InChI is InChI=1S/C19H25NO3/c1-11-5-7-20(8-6-11)10-15-9-16-12(2)13(3)19(22)23-18(16)14(4)17(15)21/h9,11,21H,5-8,10H2,1-4H3/p+1. The lowest BCUT2D eigenvalue weighted by Gasteiger charge is -2.27. The molecule has 1 aromatic carbocycles. The summed E-state index contributed by atoms with van der Waals surface area (Å²) < 4.78 is 5.42. The third-order valence-corrected chi connectivity index (χ3v) is 5.45. The zero-order valence-electron chi connectivity index (χ0n) is 14.5. The molecule has 4 heteroatoms. The van der Waals surface area contributed by atoms with E-state index in [-0.39, 0.29) is 11.4 Å². The van der Waals surface area contributed by atoms with E-state index in [0.29, 0.717) is 16.7 Å². The average Bonchev–Trinajstić information content (AvgIpc) is 2.53. The van der Waals surface area contributed by atoms with Crippen molar-refractivity contribution in [2.45, 2.75) is 47.1 Å². The molecule has 124 valence electrons. The van der Waals surface area contributed by atoms with Gasteiger partial charge in [0, 0.05) is 22.1 Å². The number of aryl methyl sites for hydroxylation is 2. The molecule has 23 heavy (non-hydrogen) atoms. The maximum absolute atomic E-state index is 11.9. The van der Waals surface area contributed by atoms with Crippen molar-refractivity contribution >= 4 is 11.0 Å². The van der Waals surface area contributed by atoms with Crippen LogP contribution in [-0.2, 0) is 6.54 Å². The number of piperidine rings is 1. The van der Waals surface area contributed by atoms with Gasteiger partial charge in [-0.2, -0.15) is 0 Å². The second-order valence-electron chi connectivity index (χ2n) is 7.13. The molecule has 2 heterocycles. The number of phenolic OH excluding ortho intramolecular Hbond substituents is 1. The molecule has 2 aromatic rings. The molecule has 1 aliphatic rings. The molecule has 4 nitrogen and oxygen atoms in total. The number of quaternary nitrogens is 1. The Kier molecular flexibility index (Phi) is 4.19. The molecule has 0 amide bonds. The van der Waals surface area contributed by atoms with Crippen LogP contribution in [0.4, 0.5) is 0 Å². The smallest absolute Gasteiger partial charge is 0.339 e. The quantitative estimate of drug-likeness (QED) is 0.836. The Balaban J connectivity index is 2.04. The van der Waals surface area contributed by atoms with Gasteiger partial charge < -0.3 is 14.4 Å². The molecule has 0 bridgehead atoms. The van der Waals surface area contributed by atoms with Gasteiger partial charge in [0.25, 0.3) is 0 Å². The Labute approximate surface area is 136 Å². The van der Waals surface area contributed by atoms with Crippen molar-refractivity contribution in [1.29, 1.82) is 0 Å². The molecular formula is C19H26NO3+. The SMILES string of the molecule is Cc1c(C)c2cc(C[NH+]3CCC(C)CC3)c(O)c(C)c2oc1=O. The van der Waals surface area contributed by atoms with Crippen molar-refractivity contribution in [3.05, 3.63) is 38.7 Å². The van der Waals surface area contributed by atoms with Gasteiger partial charge in [-0.25, -0.2) is 4.79 Å². The van der Waals surface area contributed by atoms with Gasteiger partial charge in [-0.05, 0) is 51.2 Å². The third-order valence-electron chi connectivity index (χ3n) is 5.45. The van der Waals surface area contributed by atoms with Crippen LogP contribution < -0.4 is 10.5 Å². The van der Waals surface area contributed by atoms with Crippen molar-refractivity contribution in [3.8, 4) is 5.75 Å². The van der Waals surface area contributed by atoms with E-state index < -0.39 is 0 Å². The lowest BCUT2D eigenvalue weighted by atomic mass is 9.97. The molecule has 3 rings (SSSR count). The first-order valence-corrected chi connectivity index (χ1v) is 8.47. The fourth-order valence-electron chi connectivity index (χ4n) is 3.54. The summed E-state index contributed by atoms with van der Waals surface area (Å²) in [5.74, 6) is 1.08. The average molecular weight is 316 g/mol. The van der Waals surface area contributed by atoms with E-state index in [1.165, 1.54) is 17.7 Å². The van der Waals surface area contributed by atoms with Gasteiger partial charge in [0.05, 0.1) is 13.1 Å². The normalized spacial score (nSPS) is 21.7. The van der Waals surface area contributed by atoms with E-state index in [9.17, 15) is 9.90 Å². The number of aromatic hydroxyl groups is 1. The number of nitrogens with one attached hydrogen (secondary N) is 1. The Bertz CT molecular complexity index is 799. The second-order valence-corrected chi connectivity index (χ2v) is 7.13. The van der Waals surface area contributed by atoms with E-state index in [1.54, 1.807) is 6.92 Å². The summed E-state index contributed by atoms with van der Waals surface area (Å²) in [6.07, 6.45) is 2.49. The minimum Gasteiger partial charge on any atom is -0.507 e. The Morgan fingerprint density at radius 3 is 2.48 bits per heavy atom. The highest BCUT2D eigenvalue weighted by atomic mass is 16.4. The van der Waals surface area contributed by atoms with Crippen molar-refractivity contribution in [3.63, 3.8) is 0 Å². The molecule has 0 atom stereocenters. The molecule has 0 radical (unpaired) electrons. The van der Waals surface area contributed by atoms with Crippen LogP contribution in [0.3, 0.4) is 0 Å². The highest BCUT2D eigenvalue weighted by Gasteiger charge is 2.22. The fourth-order valence-corrected chi connectivity index (χ4v) is 3.54. The second kappa shape index (κ2) is 6.00. The van der Waals surface area contributed by atoms with Crippen LogP contribution in [0.5, 0.6) is 5.75 Å². The van der Waals surface area contributed by atoms with Gasteiger partial charge in [-0.1, -0.05) is 6.92 Å². The third kappa shape index (κ3) is 2.88. The first-order valence-electron chi connectivity index (χ1n) is 8.47. The fraction of sp³-hybridized carbons (Fsp3) is 0.526. The summed E-state index contributed by atoms with van der Waals surface area (Å²) in [6, 6.07) is 2.01. The molecule has 0 saturated carbocycles. The first-order chi connectivity index (χ1) is 10.9. The lowest BCUT2D eigenvalue weighted by molar-refractivity contribution is -0.919. The van der Waals surface area contributed by atoms with Gasteiger partial charge in [-0.15, -0.1) is 0 Å². The number of likely N-dealkylation sites (tertiary alicyclic amines) is 1. The zero-order chi connectivity index (χ0) is 16.7. The number of hydrogen-bond acceptors (Lipinski definition) is 3. The van der Waals surface area contributed by atoms with Crippen LogP contribution in [0.15, 0.2) is 15.3 Å². The Morgan fingerprint density at radius 2 is 1.83 bits per heavy atom. The summed E-state index contributed by atoms with van der Waals surface area (Å²) in [7, 11) is 0. The molecule has 0 spiro atoms. The van der Waals surface area contributed by atoms with Crippen molar-refractivity contribution in [2.24, 2.45) is 5.92 Å². The minimum atomic E-state index is -0.319. The molecule has 1 aromatic heterocycles. The van der Waals surface area contributed by atoms with Crippen LogP contribution in [0, 0.1) is 26.7 Å². The van der Waals surface area contributed by atoms with E-state index in [2.05, 4.69) is 6.92 Å². The van der Waals surface area contributed by atoms with Crippen molar-refractivity contribution in [2.75, 3.05) is 13.1 Å². The molecule has 1 aliphatic heterocycles. The number of rotatable bonds is 2. The number of phenols is 1. The van der Waals surface area contributed by atoms with Crippen LogP contribution in [0.1, 0.15) is 42.0 Å². The molecule has 0 unspecified atom stereocenters. The van der Waals surface area contributed by atoms with Gasteiger partial charge in [0.1, 0.15) is 17.9 Å². The van der Waals surface area contributed by atoms with Crippen LogP contribution in [0.2, 0.25) is 0 Å². The monoisotopic (exact) mass is 316 g/mol. The summed E-state index contributed by atoms with van der Waals surface area (Å²) in [6.45, 7) is 11.0. The molecule has 0 aliphatic carbocycles. The Hall–Kier alpha value is -1.81. The van der Waals surface area contributed by atoms with Gasteiger partial charge >= 0.3 is 5.63 Å². The highest BCUT2D eigenvalue weighted by Crippen LogP contribution is 2.32. The maximum atomic E-state index is 11.9. The summed E-state index contributed by atoms with van der Waals surface area (Å²) in [5.41, 5.74) is 3.41. The maximum Gasteiger partial charge on any atom is 0.339 e. The van der Waals surface area contributed by atoms with Crippen LogP contribution in [-0.4, -0.2) is 18.2 Å². The summed E-state index contributed by atoms with van der Waals surface area (Å²) in [5, 5.41) is 11.5. The van der Waals surface area contributed by atoms with Gasteiger partial charge in [0.15, 0.2) is 0 Å². The lowest BCUT2D eigenvalue weighted by Crippen LogP contribution is -3.11. The predicted molar refractivity (Wildman–Crippen MR) is 91.2 cm³/mol. The molecule has 2 N–H and O–H groups in total. The van der Waals surface area contributed by atoms with Gasteiger partial charge in [0.2, 0.25) is 0 Å². The minimum absolute atomic E-state index is 0.273. The highest BCUT2D eigenvalue weighted by molar-refractivity contribution is 5.86. The van der Waals surface area contributed by atoms with E-state index in [0.717, 1.165) is 42.1 Å². The van der Waals surface area contributed by atoms with Gasteiger partial charge in [-0.3, -0.25) is 0 Å². The van der Waals surface area contributed by atoms with E-state index >= 15 is 0 Å². The number of hydrogen-bond donors (Lipinski definition) is 2. The summed E-state index contributed by atoms with van der Waals surface area (Å²) in [4.78, 5) is 13.4. The number of benzene rings is 1. The van der Waals surface area contributed by atoms with Crippen LogP contribution in [0.25, 0.3) is 11.0 Å². The van der Waals surface area contributed by atoms with Crippen molar-refractivity contribution < 1.29 is 14.4 Å². The summed E-state index contributed by atoms with van der Waals surface area (Å²) >= 11 is 0. The number of fused-ring (bicyclic) bond motifs is 1. The Morgan fingerprint density at radius 1 is 1.17 bits per heavy atom. The predicted octanol–water partition coefficient (Wildman–Crippen LogP) is 2.24. The van der Waals surface area contributed by atoms with Crippen LogP contribution >= 0.6 is 0 Å². The first kappa shape index (κ1) is 16.1. The molecule has 1 fully saturated rings.